The molecule has 3 atom stereocenters. The smallest absolute Gasteiger partial charge is 0.310 e. The fraction of sp³-hybridized carbons (Fsp3) is 0.409. The first kappa shape index (κ1) is 20.8. The molecule has 0 aromatic heterocycles. The minimum atomic E-state index is -0.986. The van der Waals surface area contributed by atoms with Crippen molar-refractivity contribution in [3.63, 3.8) is 0 Å². The number of hydrogen-bond acceptors (Lipinski definition) is 6. The third-order valence-electron chi connectivity index (χ3n) is 5.34. The van der Waals surface area contributed by atoms with Gasteiger partial charge in [-0.2, -0.15) is 0 Å². The van der Waals surface area contributed by atoms with Crippen LogP contribution in [0.2, 0.25) is 0 Å². The SMILES string of the molecule is CCCCC[C@H](C(=O)O)c1cc(O)cc2c1CC(O)C(c1ccc(O)c(O)c1)O2. The summed E-state index contributed by atoms with van der Waals surface area (Å²) in [6.45, 7) is 2.04. The van der Waals surface area contributed by atoms with Crippen LogP contribution in [0.25, 0.3) is 0 Å². The molecule has 156 valence electrons. The normalized spacial score (nSPS) is 19.2. The highest BCUT2D eigenvalue weighted by molar-refractivity contribution is 5.77. The lowest BCUT2D eigenvalue weighted by Crippen LogP contribution is -2.31. The quantitative estimate of drug-likeness (QED) is 0.354. The number of rotatable bonds is 7. The van der Waals surface area contributed by atoms with Crippen LogP contribution in [-0.4, -0.2) is 37.6 Å². The molecule has 5 N–H and O–H groups in total. The molecule has 29 heavy (non-hydrogen) atoms. The maximum absolute atomic E-state index is 11.9. The molecule has 2 aromatic carbocycles. The zero-order valence-corrected chi connectivity index (χ0v) is 16.2. The van der Waals surface area contributed by atoms with E-state index in [1.54, 1.807) is 0 Å². The molecule has 0 bridgehead atoms. The number of benzene rings is 2. The first-order chi connectivity index (χ1) is 13.8. The fourth-order valence-electron chi connectivity index (χ4n) is 3.84. The van der Waals surface area contributed by atoms with Gasteiger partial charge in [-0.3, -0.25) is 4.79 Å². The average molecular weight is 402 g/mol. The molecule has 0 radical (unpaired) electrons. The van der Waals surface area contributed by atoms with Crippen molar-refractivity contribution in [1.29, 1.82) is 0 Å². The summed E-state index contributed by atoms with van der Waals surface area (Å²) in [7, 11) is 0. The van der Waals surface area contributed by atoms with Crippen molar-refractivity contribution >= 4 is 5.97 Å². The summed E-state index contributed by atoms with van der Waals surface area (Å²) in [5.74, 6) is -2.19. The number of carboxylic acids is 1. The van der Waals surface area contributed by atoms with E-state index in [4.69, 9.17) is 4.74 Å². The van der Waals surface area contributed by atoms with Crippen LogP contribution in [0.3, 0.4) is 0 Å². The molecule has 0 spiro atoms. The molecular weight excluding hydrogens is 376 g/mol. The number of aliphatic hydroxyl groups excluding tert-OH is 1. The maximum atomic E-state index is 11.9. The zero-order valence-electron chi connectivity index (χ0n) is 16.2. The van der Waals surface area contributed by atoms with Crippen LogP contribution in [0.1, 0.15) is 61.3 Å². The second kappa shape index (κ2) is 8.61. The number of unbranched alkanes of at least 4 members (excludes halogenated alkanes) is 2. The summed E-state index contributed by atoms with van der Waals surface area (Å²) in [6.07, 6.45) is 1.39. The minimum Gasteiger partial charge on any atom is -0.508 e. The summed E-state index contributed by atoms with van der Waals surface area (Å²) < 4.78 is 5.91. The summed E-state index contributed by atoms with van der Waals surface area (Å²) in [4.78, 5) is 11.9. The Morgan fingerprint density at radius 2 is 1.90 bits per heavy atom. The van der Waals surface area contributed by atoms with E-state index in [-0.39, 0.29) is 23.7 Å². The first-order valence-electron chi connectivity index (χ1n) is 9.77. The van der Waals surface area contributed by atoms with Crippen molar-refractivity contribution in [3.05, 3.63) is 47.0 Å². The number of hydrogen-bond donors (Lipinski definition) is 5. The van der Waals surface area contributed by atoms with Gasteiger partial charge in [0.15, 0.2) is 11.5 Å². The molecule has 3 rings (SSSR count). The molecule has 2 unspecified atom stereocenters. The summed E-state index contributed by atoms with van der Waals surface area (Å²) in [5, 5.41) is 49.8. The molecule has 7 heteroatoms. The van der Waals surface area contributed by atoms with Gasteiger partial charge in [0.25, 0.3) is 0 Å². The number of ether oxygens (including phenoxy) is 1. The van der Waals surface area contributed by atoms with Gasteiger partial charge in [0.2, 0.25) is 0 Å². The van der Waals surface area contributed by atoms with Gasteiger partial charge in [-0.25, -0.2) is 0 Å². The van der Waals surface area contributed by atoms with Crippen molar-refractivity contribution in [2.24, 2.45) is 0 Å². The zero-order chi connectivity index (χ0) is 21.1. The molecule has 2 aromatic rings. The van der Waals surface area contributed by atoms with Crippen LogP contribution >= 0.6 is 0 Å². The monoisotopic (exact) mass is 402 g/mol. The third kappa shape index (κ3) is 4.40. The Hall–Kier alpha value is -2.93. The summed E-state index contributed by atoms with van der Waals surface area (Å²) in [5.41, 5.74) is 1.48. The molecule has 1 aliphatic rings. The molecule has 0 aliphatic carbocycles. The Kier molecular flexibility index (Phi) is 6.17. The van der Waals surface area contributed by atoms with Gasteiger partial charge < -0.3 is 30.3 Å². The standard InChI is InChI=1S/C22H26O7/c1-2-3-4-5-14(22(27)28)15-9-13(23)10-20-16(15)11-19(26)21(29-20)12-6-7-17(24)18(25)8-12/h6-10,14,19,21,23-26H,2-5,11H2,1H3,(H,27,28)/t14-,19?,21?/m0/s1. The number of carbonyl (C=O) groups is 1. The number of aromatic hydroxyl groups is 3. The van der Waals surface area contributed by atoms with Crippen molar-refractivity contribution < 1.29 is 35.1 Å². The molecule has 1 aliphatic heterocycles. The highest BCUT2D eigenvalue weighted by atomic mass is 16.5. The summed E-state index contributed by atoms with van der Waals surface area (Å²) >= 11 is 0. The third-order valence-corrected chi connectivity index (χ3v) is 5.34. The minimum absolute atomic E-state index is 0.107. The molecule has 0 saturated carbocycles. The van der Waals surface area contributed by atoms with E-state index in [9.17, 15) is 30.3 Å². The Morgan fingerprint density at radius 3 is 2.55 bits per heavy atom. The van der Waals surface area contributed by atoms with Crippen LogP contribution < -0.4 is 4.74 Å². The predicted octanol–water partition coefficient (Wildman–Crippen LogP) is 3.59. The maximum Gasteiger partial charge on any atom is 0.310 e. The number of phenols is 3. The van der Waals surface area contributed by atoms with Crippen LogP contribution in [0.15, 0.2) is 30.3 Å². The van der Waals surface area contributed by atoms with Gasteiger partial charge in [-0.15, -0.1) is 0 Å². The Bertz CT molecular complexity index is 893. The van der Waals surface area contributed by atoms with Gasteiger partial charge in [-0.05, 0) is 35.7 Å². The van der Waals surface area contributed by atoms with Crippen molar-refractivity contribution in [3.8, 4) is 23.0 Å². The second-order valence-electron chi connectivity index (χ2n) is 7.46. The largest absolute Gasteiger partial charge is 0.508 e. The van der Waals surface area contributed by atoms with E-state index in [0.29, 0.717) is 28.9 Å². The van der Waals surface area contributed by atoms with Gasteiger partial charge in [0.05, 0.1) is 12.0 Å². The number of aliphatic hydroxyl groups is 1. The Morgan fingerprint density at radius 1 is 1.14 bits per heavy atom. The Labute approximate surface area is 168 Å². The van der Waals surface area contributed by atoms with E-state index in [0.717, 1.165) is 19.3 Å². The van der Waals surface area contributed by atoms with Gasteiger partial charge in [-0.1, -0.05) is 32.3 Å². The van der Waals surface area contributed by atoms with Crippen molar-refractivity contribution in [2.45, 2.75) is 57.2 Å². The van der Waals surface area contributed by atoms with Gasteiger partial charge in [0.1, 0.15) is 17.6 Å². The molecule has 0 saturated heterocycles. The first-order valence-corrected chi connectivity index (χ1v) is 9.77. The number of phenolic OH excluding ortho intramolecular Hbond substituents is 3. The Balaban J connectivity index is 1.96. The highest BCUT2D eigenvalue weighted by Crippen LogP contribution is 2.43. The van der Waals surface area contributed by atoms with E-state index in [2.05, 4.69) is 0 Å². The number of carboxylic acid groups (broad SMARTS) is 1. The molecule has 0 amide bonds. The number of fused-ring (bicyclic) bond motifs is 1. The van der Waals surface area contributed by atoms with Crippen molar-refractivity contribution in [2.75, 3.05) is 0 Å². The molecule has 7 nitrogen and oxygen atoms in total. The molecule has 0 fully saturated rings. The molecular formula is C22H26O7. The highest BCUT2D eigenvalue weighted by Gasteiger charge is 2.35. The lowest BCUT2D eigenvalue weighted by molar-refractivity contribution is -0.139. The van der Waals surface area contributed by atoms with Crippen LogP contribution in [0, 0.1) is 0 Å². The van der Waals surface area contributed by atoms with Gasteiger partial charge in [0, 0.05) is 18.1 Å². The van der Waals surface area contributed by atoms with E-state index in [1.165, 1.54) is 30.3 Å². The second-order valence-corrected chi connectivity index (χ2v) is 7.46. The molecule has 1 heterocycles. The lowest BCUT2D eigenvalue weighted by Gasteiger charge is -2.33. The van der Waals surface area contributed by atoms with E-state index in [1.807, 2.05) is 6.92 Å². The predicted molar refractivity (Wildman–Crippen MR) is 105 cm³/mol. The topological polar surface area (TPSA) is 127 Å². The van der Waals surface area contributed by atoms with Crippen LogP contribution in [0.5, 0.6) is 23.0 Å². The number of aliphatic carboxylic acids is 1. The fourth-order valence-corrected chi connectivity index (χ4v) is 3.84. The van der Waals surface area contributed by atoms with Crippen LogP contribution in [-0.2, 0) is 11.2 Å². The average Bonchev–Trinajstić information content (AvgIpc) is 2.67. The van der Waals surface area contributed by atoms with E-state index >= 15 is 0 Å². The van der Waals surface area contributed by atoms with Crippen LogP contribution in [0.4, 0.5) is 0 Å². The summed E-state index contributed by atoms with van der Waals surface area (Å²) in [6, 6.07) is 6.98. The van der Waals surface area contributed by atoms with Gasteiger partial charge >= 0.3 is 5.97 Å². The lowest BCUT2D eigenvalue weighted by atomic mass is 9.84. The van der Waals surface area contributed by atoms with Crippen molar-refractivity contribution in [1.82, 2.24) is 0 Å². The van der Waals surface area contributed by atoms with E-state index < -0.39 is 24.1 Å².